The normalized spacial score (nSPS) is 11.8. The van der Waals surface area contributed by atoms with E-state index in [1.165, 1.54) is 7.11 Å². The van der Waals surface area contributed by atoms with Crippen molar-refractivity contribution < 1.29 is 9.53 Å². The smallest absolute Gasteiger partial charge is 0.305 e. The third kappa shape index (κ3) is 5.77. The van der Waals surface area contributed by atoms with Gasteiger partial charge < -0.3 is 10.1 Å². The summed E-state index contributed by atoms with van der Waals surface area (Å²) in [6.07, 6.45) is 1.95. The van der Waals surface area contributed by atoms with Gasteiger partial charge in [0.2, 0.25) is 0 Å². The summed E-state index contributed by atoms with van der Waals surface area (Å²) in [7, 11) is 1.41. The molecule has 0 aromatic heterocycles. The molecule has 1 unspecified atom stereocenters. The van der Waals surface area contributed by atoms with Crippen molar-refractivity contribution in [3.05, 3.63) is 64.1 Å². The van der Waals surface area contributed by atoms with E-state index in [9.17, 15) is 4.79 Å². The molecule has 23 heavy (non-hydrogen) atoms. The second-order valence-electron chi connectivity index (χ2n) is 5.22. The van der Waals surface area contributed by atoms with Crippen LogP contribution in [0.2, 0.25) is 10.0 Å². The van der Waals surface area contributed by atoms with Gasteiger partial charge in [-0.3, -0.25) is 4.79 Å². The van der Waals surface area contributed by atoms with E-state index in [4.69, 9.17) is 27.9 Å². The predicted molar refractivity (Wildman–Crippen MR) is 95.1 cm³/mol. The zero-order valence-electron chi connectivity index (χ0n) is 12.9. The maximum Gasteiger partial charge on any atom is 0.305 e. The van der Waals surface area contributed by atoms with Gasteiger partial charge in [0, 0.05) is 22.2 Å². The molecule has 0 aliphatic carbocycles. The second-order valence-corrected chi connectivity index (χ2v) is 6.10. The van der Waals surface area contributed by atoms with Gasteiger partial charge in [0.05, 0.1) is 13.2 Å². The maximum absolute atomic E-state index is 11.3. The van der Waals surface area contributed by atoms with E-state index in [0.29, 0.717) is 16.5 Å². The number of nitrogens with one attached hydrogen (secondary N) is 1. The maximum atomic E-state index is 11.3. The highest BCUT2D eigenvalue weighted by atomic mass is 35.5. The SMILES string of the molecule is COC(=O)CCCC(Nc1ccc(Cl)cc1)c1ccc(Cl)cc1. The van der Waals surface area contributed by atoms with Gasteiger partial charge in [0.1, 0.15) is 0 Å². The Morgan fingerprint density at radius 2 is 1.61 bits per heavy atom. The van der Waals surface area contributed by atoms with Crippen LogP contribution in [0.4, 0.5) is 5.69 Å². The first-order valence-corrected chi connectivity index (χ1v) is 8.18. The van der Waals surface area contributed by atoms with Crippen molar-refractivity contribution in [3.63, 3.8) is 0 Å². The Kier molecular flexibility index (Phi) is 6.75. The van der Waals surface area contributed by atoms with Gasteiger partial charge >= 0.3 is 5.97 Å². The lowest BCUT2D eigenvalue weighted by Crippen LogP contribution is -2.12. The van der Waals surface area contributed by atoms with Gasteiger partial charge in [0.15, 0.2) is 0 Å². The van der Waals surface area contributed by atoms with Crippen LogP contribution in [0.5, 0.6) is 0 Å². The number of hydrogen-bond acceptors (Lipinski definition) is 3. The fraction of sp³-hybridized carbons (Fsp3) is 0.278. The Labute approximate surface area is 146 Å². The van der Waals surface area contributed by atoms with Crippen molar-refractivity contribution in [1.29, 1.82) is 0 Å². The van der Waals surface area contributed by atoms with Crippen molar-refractivity contribution in [1.82, 2.24) is 0 Å². The van der Waals surface area contributed by atoms with Gasteiger partial charge in [-0.2, -0.15) is 0 Å². The highest BCUT2D eigenvalue weighted by Crippen LogP contribution is 2.26. The van der Waals surface area contributed by atoms with E-state index < -0.39 is 0 Å². The third-order valence-electron chi connectivity index (χ3n) is 3.56. The zero-order valence-corrected chi connectivity index (χ0v) is 14.4. The van der Waals surface area contributed by atoms with Crippen LogP contribution in [0.3, 0.4) is 0 Å². The standard InChI is InChI=1S/C18H19Cl2NO2/c1-23-18(22)4-2-3-17(13-5-7-14(19)8-6-13)21-16-11-9-15(20)10-12-16/h5-12,17,21H,2-4H2,1H3. The molecule has 0 saturated carbocycles. The monoisotopic (exact) mass is 351 g/mol. The quantitative estimate of drug-likeness (QED) is 0.670. The Hall–Kier alpha value is -1.71. The molecule has 0 fully saturated rings. The molecule has 0 bridgehead atoms. The van der Waals surface area contributed by atoms with Gasteiger partial charge in [-0.15, -0.1) is 0 Å². The number of hydrogen-bond donors (Lipinski definition) is 1. The van der Waals surface area contributed by atoms with Crippen molar-refractivity contribution in [3.8, 4) is 0 Å². The van der Waals surface area contributed by atoms with Crippen molar-refractivity contribution in [2.45, 2.75) is 25.3 Å². The highest BCUT2D eigenvalue weighted by molar-refractivity contribution is 6.30. The van der Waals surface area contributed by atoms with Crippen LogP contribution in [0.15, 0.2) is 48.5 Å². The summed E-state index contributed by atoms with van der Waals surface area (Å²) < 4.78 is 4.69. The van der Waals surface area contributed by atoms with E-state index in [0.717, 1.165) is 24.1 Å². The molecule has 0 amide bonds. The van der Waals surface area contributed by atoms with Crippen molar-refractivity contribution in [2.75, 3.05) is 12.4 Å². The summed E-state index contributed by atoms with van der Waals surface area (Å²) in [6, 6.07) is 15.4. The van der Waals surface area contributed by atoms with E-state index in [-0.39, 0.29) is 12.0 Å². The number of esters is 1. The number of methoxy groups -OCH3 is 1. The molecule has 1 atom stereocenters. The first-order valence-electron chi connectivity index (χ1n) is 7.43. The largest absolute Gasteiger partial charge is 0.469 e. The minimum Gasteiger partial charge on any atom is -0.469 e. The molecule has 5 heteroatoms. The van der Waals surface area contributed by atoms with E-state index >= 15 is 0 Å². The van der Waals surface area contributed by atoms with Gasteiger partial charge in [0.25, 0.3) is 0 Å². The Balaban J connectivity index is 2.08. The summed E-state index contributed by atoms with van der Waals surface area (Å²) >= 11 is 11.9. The molecule has 0 aliphatic rings. The molecule has 0 aliphatic heterocycles. The highest BCUT2D eigenvalue weighted by Gasteiger charge is 2.13. The predicted octanol–water partition coefficient (Wildman–Crippen LogP) is 5.49. The molecule has 0 spiro atoms. The average molecular weight is 352 g/mol. The number of halogens is 2. The first-order chi connectivity index (χ1) is 11.1. The molecule has 2 rings (SSSR count). The van der Waals surface area contributed by atoms with Gasteiger partial charge in [-0.1, -0.05) is 35.3 Å². The third-order valence-corrected chi connectivity index (χ3v) is 4.06. The number of carbonyl (C=O) groups is 1. The van der Waals surface area contributed by atoms with Crippen LogP contribution in [0.25, 0.3) is 0 Å². The fourth-order valence-corrected chi connectivity index (χ4v) is 2.57. The van der Waals surface area contributed by atoms with Crippen LogP contribution >= 0.6 is 23.2 Å². The summed E-state index contributed by atoms with van der Waals surface area (Å²) in [4.78, 5) is 11.3. The topological polar surface area (TPSA) is 38.3 Å². The molecule has 0 radical (unpaired) electrons. The molecular weight excluding hydrogens is 333 g/mol. The van der Waals surface area contributed by atoms with Crippen LogP contribution < -0.4 is 5.32 Å². The summed E-state index contributed by atoms with van der Waals surface area (Å²) in [5, 5.41) is 4.88. The van der Waals surface area contributed by atoms with Crippen molar-refractivity contribution >= 4 is 34.9 Å². The minimum atomic E-state index is -0.189. The number of anilines is 1. The Bertz CT molecular complexity index is 626. The Morgan fingerprint density at radius 1 is 1.04 bits per heavy atom. The van der Waals surface area contributed by atoms with E-state index in [1.54, 1.807) is 0 Å². The van der Waals surface area contributed by atoms with Crippen LogP contribution in [0, 0.1) is 0 Å². The van der Waals surface area contributed by atoms with Gasteiger partial charge in [-0.25, -0.2) is 0 Å². The first kappa shape index (κ1) is 17.6. The van der Waals surface area contributed by atoms with Crippen LogP contribution in [0.1, 0.15) is 30.9 Å². The Morgan fingerprint density at radius 3 is 2.17 bits per heavy atom. The second kappa shape index (κ2) is 8.80. The summed E-state index contributed by atoms with van der Waals surface area (Å²) in [5.74, 6) is -0.189. The minimum absolute atomic E-state index is 0.0816. The molecule has 0 heterocycles. The molecule has 1 N–H and O–H groups in total. The summed E-state index contributed by atoms with van der Waals surface area (Å²) in [5.41, 5.74) is 2.10. The molecule has 3 nitrogen and oxygen atoms in total. The molecule has 0 saturated heterocycles. The molecular formula is C18H19Cl2NO2. The number of benzene rings is 2. The summed E-state index contributed by atoms with van der Waals surface area (Å²) in [6.45, 7) is 0. The van der Waals surface area contributed by atoms with Crippen LogP contribution in [-0.4, -0.2) is 13.1 Å². The van der Waals surface area contributed by atoms with Gasteiger partial charge in [-0.05, 0) is 54.8 Å². The average Bonchev–Trinajstić information content (AvgIpc) is 2.56. The van der Waals surface area contributed by atoms with E-state index in [2.05, 4.69) is 5.32 Å². The molecule has 2 aromatic carbocycles. The van der Waals surface area contributed by atoms with Crippen molar-refractivity contribution in [2.24, 2.45) is 0 Å². The number of ether oxygens (including phenoxy) is 1. The number of rotatable bonds is 7. The van der Waals surface area contributed by atoms with Crippen LogP contribution in [-0.2, 0) is 9.53 Å². The number of carbonyl (C=O) groups excluding carboxylic acids is 1. The molecule has 2 aromatic rings. The fourth-order valence-electron chi connectivity index (χ4n) is 2.32. The molecule has 122 valence electrons. The zero-order chi connectivity index (χ0) is 16.7. The lowest BCUT2D eigenvalue weighted by molar-refractivity contribution is -0.140. The van der Waals surface area contributed by atoms with E-state index in [1.807, 2.05) is 48.5 Å². The lowest BCUT2D eigenvalue weighted by atomic mass is 10.0. The lowest BCUT2D eigenvalue weighted by Gasteiger charge is -2.20.